The van der Waals surface area contributed by atoms with Gasteiger partial charge in [-0.05, 0) is 50.2 Å². The van der Waals surface area contributed by atoms with Gasteiger partial charge in [0, 0.05) is 31.4 Å². The van der Waals surface area contributed by atoms with Gasteiger partial charge in [-0.1, -0.05) is 6.07 Å². The molecule has 0 saturated carbocycles. The van der Waals surface area contributed by atoms with Crippen LogP contribution in [0.4, 0.5) is 20.6 Å². The number of hydrogen-bond acceptors (Lipinski definition) is 6. The Kier molecular flexibility index (Phi) is 6.83. The lowest BCUT2D eigenvalue weighted by molar-refractivity contribution is -0.107. The van der Waals surface area contributed by atoms with Crippen molar-refractivity contribution < 1.29 is 18.7 Å². The molecule has 1 aromatic heterocycles. The van der Waals surface area contributed by atoms with E-state index in [1.807, 2.05) is 14.0 Å². The lowest BCUT2D eigenvalue weighted by atomic mass is 10.1. The van der Waals surface area contributed by atoms with Gasteiger partial charge in [0.2, 0.25) is 6.41 Å². The van der Waals surface area contributed by atoms with E-state index in [2.05, 4.69) is 15.3 Å². The first kappa shape index (κ1) is 21.5. The lowest BCUT2D eigenvalue weighted by Crippen LogP contribution is -2.36. The molecular weight excluding hydrogens is 389 g/mol. The predicted molar refractivity (Wildman–Crippen MR) is 111 cm³/mol. The van der Waals surface area contributed by atoms with E-state index < -0.39 is 5.82 Å². The molecule has 1 fully saturated rings. The summed E-state index contributed by atoms with van der Waals surface area (Å²) < 4.78 is 19.2. The Hall–Kier alpha value is -3.20. The Morgan fingerprint density at radius 1 is 1.40 bits per heavy atom. The van der Waals surface area contributed by atoms with Crippen molar-refractivity contribution >= 4 is 23.9 Å². The Bertz CT molecular complexity index is 893. The highest BCUT2D eigenvalue weighted by atomic mass is 19.1. The molecule has 1 aliphatic rings. The molecule has 0 bridgehead atoms. The smallest absolute Gasteiger partial charge is 0.409 e. The van der Waals surface area contributed by atoms with E-state index in [0.29, 0.717) is 31.7 Å². The predicted octanol–water partition coefficient (Wildman–Crippen LogP) is 2.79. The van der Waals surface area contributed by atoms with Crippen LogP contribution in [0.1, 0.15) is 17.7 Å². The lowest BCUT2D eigenvalue weighted by Gasteiger charge is -2.25. The molecule has 0 spiro atoms. The summed E-state index contributed by atoms with van der Waals surface area (Å²) in [5, 5.41) is 1.10. The molecule has 2 heterocycles. The minimum Gasteiger partial charge on any atom is -0.453 e. The Morgan fingerprint density at radius 3 is 2.87 bits per heavy atom. The van der Waals surface area contributed by atoms with Gasteiger partial charge < -0.3 is 9.64 Å². The average molecular weight is 415 g/mol. The molecule has 1 aliphatic heterocycles. The summed E-state index contributed by atoms with van der Waals surface area (Å²) in [7, 11) is 3.33. The summed E-state index contributed by atoms with van der Waals surface area (Å²) in [5.41, 5.74) is 5.25. The van der Waals surface area contributed by atoms with Crippen LogP contribution in [0.15, 0.2) is 36.5 Å². The van der Waals surface area contributed by atoms with Crippen LogP contribution in [0.2, 0.25) is 0 Å². The Balaban J connectivity index is 1.70. The number of anilines is 2. The van der Waals surface area contributed by atoms with Crippen molar-refractivity contribution in [3.8, 4) is 0 Å². The molecule has 9 heteroatoms. The number of likely N-dealkylation sites (tertiary alicyclic amines) is 1. The first-order valence-electron chi connectivity index (χ1n) is 9.66. The quantitative estimate of drug-likeness (QED) is 0.554. The van der Waals surface area contributed by atoms with Gasteiger partial charge >= 0.3 is 6.09 Å². The molecule has 160 valence electrons. The first-order valence-corrected chi connectivity index (χ1v) is 9.66. The zero-order valence-electron chi connectivity index (χ0n) is 17.3. The molecular formula is C21H26FN5O3. The van der Waals surface area contributed by atoms with Gasteiger partial charge in [-0.15, -0.1) is 0 Å². The maximum Gasteiger partial charge on any atom is 0.409 e. The van der Waals surface area contributed by atoms with Crippen molar-refractivity contribution in [2.45, 2.75) is 25.9 Å². The molecule has 2 amide bonds. The molecule has 1 atom stereocenters. The maximum atomic E-state index is 14.5. The fourth-order valence-electron chi connectivity index (χ4n) is 3.47. The number of methoxy groups -OCH3 is 1. The second-order valence-electron chi connectivity index (χ2n) is 7.33. The van der Waals surface area contributed by atoms with Crippen LogP contribution in [0, 0.1) is 12.7 Å². The van der Waals surface area contributed by atoms with Crippen LogP contribution >= 0.6 is 0 Å². The highest BCUT2D eigenvalue weighted by Crippen LogP contribution is 2.23. The number of benzene rings is 1. The molecule has 1 saturated heterocycles. The van der Waals surface area contributed by atoms with Gasteiger partial charge in [0.05, 0.1) is 19.0 Å². The largest absolute Gasteiger partial charge is 0.453 e. The van der Waals surface area contributed by atoms with Crippen LogP contribution in [-0.4, -0.2) is 60.6 Å². The van der Waals surface area contributed by atoms with Gasteiger partial charge in [0.1, 0.15) is 11.5 Å². The molecule has 1 aromatic carbocycles. The normalized spacial score (nSPS) is 15.9. The average Bonchev–Trinajstić information content (AvgIpc) is 3.25. The van der Waals surface area contributed by atoms with Gasteiger partial charge in [-0.3, -0.25) is 20.1 Å². The molecule has 0 unspecified atom stereocenters. The third-order valence-electron chi connectivity index (χ3n) is 5.19. The fraction of sp³-hybridized carbons (Fsp3) is 0.381. The number of amides is 2. The van der Waals surface area contributed by atoms with E-state index in [4.69, 9.17) is 4.74 Å². The zero-order valence-corrected chi connectivity index (χ0v) is 17.3. The SMILES string of the molecule is COC(=O)N1CC[C@H](N(C)Cc2ccc(F)c(N(C=O)Nc3ccc(C)nc3)c2)C1. The number of rotatable bonds is 7. The van der Waals surface area contributed by atoms with Gasteiger partial charge in [0.25, 0.3) is 0 Å². The summed E-state index contributed by atoms with van der Waals surface area (Å²) in [5.74, 6) is -0.515. The molecule has 30 heavy (non-hydrogen) atoms. The highest BCUT2D eigenvalue weighted by molar-refractivity contribution is 5.79. The Morgan fingerprint density at radius 2 is 2.20 bits per heavy atom. The molecule has 2 aromatic rings. The maximum absolute atomic E-state index is 14.5. The van der Waals surface area contributed by atoms with Gasteiger partial charge in [-0.25, -0.2) is 14.2 Å². The van der Waals surface area contributed by atoms with Gasteiger partial charge in [0.15, 0.2) is 0 Å². The summed E-state index contributed by atoms with van der Waals surface area (Å²) in [4.78, 5) is 31.3. The van der Waals surface area contributed by atoms with Crippen molar-refractivity contribution in [3.05, 3.63) is 53.6 Å². The topological polar surface area (TPSA) is 78.0 Å². The second kappa shape index (κ2) is 9.53. The van der Waals surface area contributed by atoms with Crippen molar-refractivity contribution in [2.24, 2.45) is 0 Å². The third-order valence-corrected chi connectivity index (χ3v) is 5.19. The van der Waals surface area contributed by atoms with E-state index in [0.717, 1.165) is 22.7 Å². The number of aromatic nitrogens is 1. The summed E-state index contributed by atoms with van der Waals surface area (Å²) in [6.07, 6.45) is 2.61. The monoisotopic (exact) mass is 415 g/mol. The molecule has 0 aliphatic carbocycles. The van der Waals surface area contributed by atoms with Crippen molar-refractivity contribution in [1.82, 2.24) is 14.8 Å². The number of ether oxygens (including phenoxy) is 1. The van der Waals surface area contributed by atoms with E-state index in [9.17, 15) is 14.0 Å². The molecule has 3 rings (SSSR count). The Labute approximate surface area is 175 Å². The van der Waals surface area contributed by atoms with E-state index in [1.165, 1.54) is 13.2 Å². The van der Waals surface area contributed by atoms with Gasteiger partial charge in [-0.2, -0.15) is 0 Å². The van der Waals surface area contributed by atoms with Crippen LogP contribution in [-0.2, 0) is 16.1 Å². The van der Waals surface area contributed by atoms with E-state index >= 15 is 0 Å². The zero-order chi connectivity index (χ0) is 21.7. The van der Waals surface area contributed by atoms with Crippen molar-refractivity contribution in [2.75, 3.05) is 37.7 Å². The number of nitrogens with zero attached hydrogens (tertiary/aromatic N) is 4. The summed E-state index contributed by atoms with van der Waals surface area (Å²) in [6, 6.07) is 8.42. The minimum absolute atomic E-state index is 0.124. The number of nitrogens with one attached hydrogen (secondary N) is 1. The number of likely N-dealkylation sites (N-methyl/N-ethyl adjacent to an activating group) is 1. The number of aryl methyl sites for hydroxylation is 1. The van der Waals surface area contributed by atoms with Crippen LogP contribution < -0.4 is 10.4 Å². The minimum atomic E-state index is -0.515. The van der Waals surface area contributed by atoms with Crippen molar-refractivity contribution in [1.29, 1.82) is 0 Å². The van der Waals surface area contributed by atoms with Crippen LogP contribution in [0.5, 0.6) is 0 Å². The number of carbonyl (C=O) groups excluding carboxylic acids is 2. The van der Waals surface area contributed by atoms with E-state index in [1.54, 1.807) is 35.4 Å². The number of halogens is 1. The fourth-order valence-corrected chi connectivity index (χ4v) is 3.47. The van der Waals surface area contributed by atoms with Crippen LogP contribution in [0.3, 0.4) is 0 Å². The standard InChI is InChI=1S/C21H26FN5O3/c1-15-4-6-17(11-23-15)24-27(14-28)20-10-16(5-7-19(20)22)12-25(2)18-8-9-26(13-18)21(29)30-3/h4-7,10-11,14,18,24H,8-9,12-13H2,1-3H3/t18-/m0/s1. The van der Waals surface area contributed by atoms with E-state index in [-0.39, 0.29) is 17.8 Å². The number of hydrogen-bond donors (Lipinski definition) is 1. The molecule has 1 N–H and O–H groups in total. The van der Waals surface area contributed by atoms with Crippen molar-refractivity contribution in [3.63, 3.8) is 0 Å². The number of pyridine rings is 1. The first-order chi connectivity index (χ1) is 14.4. The summed E-state index contributed by atoms with van der Waals surface area (Å²) in [6.45, 7) is 3.63. The number of hydrazine groups is 1. The number of carbonyl (C=O) groups is 2. The molecule has 8 nitrogen and oxygen atoms in total. The molecule has 0 radical (unpaired) electrons. The van der Waals surface area contributed by atoms with Crippen LogP contribution in [0.25, 0.3) is 0 Å². The third kappa shape index (κ3) is 5.04. The summed E-state index contributed by atoms with van der Waals surface area (Å²) >= 11 is 0. The second-order valence-corrected chi connectivity index (χ2v) is 7.33. The highest BCUT2D eigenvalue weighted by Gasteiger charge is 2.29.